The molecule has 3 aliphatic rings. The van der Waals surface area contributed by atoms with E-state index in [2.05, 4.69) is 23.3 Å². The quantitative estimate of drug-likeness (QED) is 0.916. The summed E-state index contributed by atoms with van der Waals surface area (Å²) >= 11 is 0. The van der Waals surface area contributed by atoms with Gasteiger partial charge in [0.1, 0.15) is 0 Å². The van der Waals surface area contributed by atoms with E-state index in [4.69, 9.17) is 9.47 Å². The average molecular weight is 344 g/mol. The summed E-state index contributed by atoms with van der Waals surface area (Å²) in [4.78, 5) is 14.9. The first-order chi connectivity index (χ1) is 12.1. The smallest absolute Gasteiger partial charge is 0.224 e. The summed E-state index contributed by atoms with van der Waals surface area (Å²) < 4.78 is 11.5. The standard InChI is InChI=1S/C20H28N2O3/c1-22-10-7-17-16(14-22)3-2-4-18(17)21-19(23)13-15-5-8-20(9-6-15)24-11-12-25-20/h2-4,15H,5-14H2,1H3,(H,21,23). The molecule has 2 fully saturated rings. The van der Waals surface area contributed by atoms with Crippen LogP contribution < -0.4 is 5.32 Å². The molecule has 0 atom stereocenters. The summed E-state index contributed by atoms with van der Waals surface area (Å²) in [6, 6.07) is 6.26. The number of carbonyl (C=O) groups excluding carboxylic acids is 1. The van der Waals surface area contributed by atoms with Gasteiger partial charge in [-0.15, -0.1) is 0 Å². The minimum atomic E-state index is -0.336. The zero-order chi connectivity index (χ0) is 17.3. The lowest BCUT2D eigenvalue weighted by Crippen LogP contribution is -2.36. The van der Waals surface area contributed by atoms with Crippen molar-refractivity contribution in [2.45, 2.75) is 50.9 Å². The summed E-state index contributed by atoms with van der Waals surface area (Å²) in [5.74, 6) is 0.239. The van der Waals surface area contributed by atoms with Crippen molar-refractivity contribution >= 4 is 11.6 Å². The van der Waals surface area contributed by atoms with E-state index < -0.39 is 0 Å². The van der Waals surface area contributed by atoms with Gasteiger partial charge in [0.2, 0.25) is 5.91 Å². The van der Waals surface area contributed by atoms with Crippen LogP contribution in [0.4, 0.5) is 5.69 Å². The van der Waals surface area contributed by atoms with E-state index in [-0.39, 0.29) is 11.7 Å². The molecule has 25 heavy (non-hydrogen) atoms. The lowest BCUT2D eigenvalue weighted by atomic mass is 9.83. The zero-order valence-corrected chi connectivity index (χ0v) is 15.1. The number of fused-ring (bicyclic) bond motifs is 1. The number of carbonyl (C=O) groups is 1. The Morgan fingerprint density at radius 3 is 2.80 bits per heavy atom. The Morgan fingerprint density at radius 2 is 2.04 bits per heavy atom. The minimum Gasteiger partial charge on any atom is -0.348 e. The molecule has 0 aromatic heterocycles. The second-order valence-corrected chi connectivity index (χ2v) is 7.73. The van der Waals surface area contributed by atoms with Gasteiger partial charge in [0.25, 0.3) is 0 Å². The highest BCUT2D eigenvalue weighted by Gasteiger charge is 2.40. The maximum Gasteiger partial charge on any atom is 0.224 e. The number of nitrogens with zero attached hydrogens (tertiary/aromatic N) is 1. The molecule has 4 rings (SSSR count). The number of hydrogen-bond donors (Lipinski definition) is 1. The number of rotatable bonds is 3. The molecule has 1 spiro atoms. The van der Waals surface area contributed by atoms with Crippen molar-refractivity contribution in [3.63, 3.8) is 0 Å². The number of ether oxygens (including phenoxy) is 2. The van der Waals surface area contributed by atoms with E-state index >= 15 is 0 Å². The van der Waals surface area contributed by atoms with Crippen LogP contribution in [0.1, 0.15) is 43.2 Å². The Balaban J connectivity index is 1.33. The van der Waals surface area contributed by atoms with Gasteiger partial charge >= 0.3 is 0 Å². The lowest BCUT2D eigenvalue weighted by molar-refractivity contribution is -0.183. The number of hydrogen-bond acceptors (Lipinski definition) is 4. The van der Waals surface area contributed by atoms with Crippen LogP contribution in [0.15, 0.2) is 18.2 Å². The lowest BCUT2D eigenvalue weighted by Gasteiger charge is -2.35. The molecule has 1 saturated carbocycles. The first-order valence-corrected chi connectivity index (χ1v) is 9.51. The summed E-state index contributed by atoms with van der Waals surface area (Å²) in [7, 11) is 2.14. The molecule has 136 valence electrons. The molecule has 1 saturated heterocycles. The Labute approximate surface area is 149 Å². The largest absolute Gasteiger partial charge is 0.348 e. The van der Waals surface area contributed by atoms with Gasteiger partial charge in [-0.3, -0.25) is 4.79 Å². The van der Waals surface area contributed by atoms with Gasteiger partial charge < -0.3 is 19.7 Å². The fraction of sp³-hybridized carbons (Fsp3) is 0.650. The fourth-order valence-electron chi connectivity index (χ4n) is 4.44. The Bertz CT molecular complexity index is 630. The van der Waals surface area contributed by atoms with Gasteiger partial charge in [0, 0.05) is 38.0 Å². The van der Waals surface area contributed by atoms with Crippen molar-refractivity contribution in [3.8, 4) is 0 Å². The predicted molar refractivity (Wildman–Crippen MR) is 96.3 cm³/mol. The molecule has 1 aliphatic carbocycles. The zero-order valence-electron chi connectivity index (χ0n) is 15.1. The van der Waals surface area contributed by atoms with Gasteiger partial charge in [0.15, 0.2) is 5.79 Å². The van der Waals surface area contributed by atoms with Crippen molar-refractivity contribution in [2.75, 3.05) is 32.1 Å². The molecule has 1 aromatic rings. The van der Waals surface area contributed by atoms with Crippen molar-refractivity contribution in [2.24, 2.45) is 5.92 Å². The fourth-order valence-corrected chi connectivity index (χ4v) is 4.44. The molecule has 2 heterocycles. The van der Waals surface area contributed by atoms with E-state index in [1.165, 1.54) is 11.1 Å². The third-order valence-corrected chi connectivity index (χ3v) is 5.89. The maximum absolute atomic E-state index is 12.6. The highest BCUT2D eigenvalue weighted by atomic mass is 16.7. The van der Waals surface area contributed by atoms with E-state index in [0.29, 0.717) is 25.6 Å². The number of amides is 1. The average Bonchev–Trinajstić information content (AvgIpc) is 3.05. The highest BCUT2D eigenvalue weighted by Crippen LogP contribution is 2.39. The highest BCUT2D eigenvalue weighted by molar-refractivity contribution is 5.91. The molecule has 1 N–H and O–H groups in total. The van der Waals surface area contributed by atoms with Crippen LogP contribution in [0.3, 0.4) is 0 Å². The molecule has 1 aromatic carbocycles. The van der Waals surface area contributed by atoms with Crippen LogP contribution in [0.5, 0.6) is 0 Å². The SMILES string of the molecule is CN1CCc2c(cccc2NC(=O)CC2CCC3(CC2)OCCO3)C1. The second kappa shape index (κ2) is 7.06. The molecular weight excluding hydrogens is 316 g/mol. The van der Waals surface area contributed by atoms with Crippen molar-refractivity contribution in [1.29, 1.82) is 0 Å². The molecular formula is C20H28N2O3. The predicted octanol–water partition coefficient (Wildman–Crippen LogP) is 2.94. The topological polar surface area (TPSA) is 50.8 Å². The van der Waals surface area contributed by atoms with Crippen LogP contribution in [-0.2, 0) is 27.2 Å². The second-order valence-electron chi connectivity index (χ2n) is 7.73. The number of likely N-dealkylation sites (N-methyl/N-ethyl adjacent to an activating group) is 1. The molecule has 1 amide bonds. The van der Waals surface area contributed by atoms with Crippen LogP contribution in [-0.4, -0.2) is 43.4 Å². The van der Waals surface area contributed by atoms with Crippen LogP contribution in [0, 0.1) is 5.92 Å². The summed E-state index contributed by atoms with van der Waals surface area (Å²) in [5, 5.41) is 3.17. The molecule has 0 radical (unpaired) electrons. The molecule has 0 bridgehead atoms. The third kappa shape index (κ3) is 3.73. The van der Waals surface area contributed by atoms with Gasteiger partial charge in [-0.05, 0) is 49.4 Å². The molecule has 2 aliphatic heterocycles. The number of benzene rings is 1. The first kappa shape index (κ1) is 17.0. The van der Waals surface area contributed by atoms with Crippen LogP contribution in [0.25, 0.3) is 0 Å². The summed E-state index contributed by atoms with van der Waals surface area (Å²) in [6.45, 7) is 3.42. The first-order valence-electron chi connectivity index (χ1n) is 9.51. The van der Waals surface area contributed by atoms with Crippen molar-refractivity contribution in [1.82, 2.24) is 4.90 Å². The summed E-state index contributed by atoms with van der Waals surface area (Å²) in [5.41, 5.74) is 3.65. The Hall–Kier alpha value is -1.43. The van der Waals surface area contributed by atoms with Gasteiger partial charge in [-0.25, -0.2) is 0 Å². The van der Waals surface area contributed by atoms with Crippen LogP contribution in [0.2, 0.25) is 0 Å². The Kier molecular flexibility index (Phi) is 4.80. The molecule has 0 unspecified atom stereocenters. The summed E-state index contributed by atoms with van der Waals surface area (Å²) in [6.07, 6.45) is 5.44. The third-order valence-electron chi connectivity index (χ3n) is 5.89. The maximum atomic E-state index is 12.6. The van der Waals surface area contributed by atoms with Gasteiger partial charge in [-0.2, -0.15) is 0 Å². The van der Waals surface area contributed by atoms with Crippen LogP contribution >= 0.6 is 0 Å². The normalized spacial score (nSPS) is 23.6. The molecule has 5 nitrogen and oxygen atoms in total. The van der Waals surface area contributed by atoms with Gasteiger partial charge in [0.05, 0.1) is 13.2 Å². The van der Waals surface area contributed by atoms with Crippen molar-refractivity contribution < 1.29 is 14.3 Å². The van der Waals surface area contributed by atoms with E-state index in [9.17, 15) is 4.79 Å². The Morgan fingerprint density at radius 1 is 1.28 bits per heavy atom. The van der Waals surface area contributed by atoms with Crippen molar-refractivity contribution in [3.05, 3.63) is 29.3 Å². The number of nitrogens with one attached hydrogen (secondary N) is 1. The monoisotopic (exact) mass is 344 g/mol. The number of anilines is 1. The van der Waals surface area contributed by atoms with E-state index in [1.54, 1.807) is 0 Å². The minimum absolute atomic E-state index is 0.140. The van der Waals surface area contributed by atoms with Gasteiger partial charge in [-0.1, -0.05) is 12.1 Å². The van der Waals surface area contributed by atoms with E-state index in [1.807, 2.05) is 12.1 Å². The van der Waals surface area contributed by atoms with E-state index in [0.717, 1.165) is 50.9 Å². The molecule has 5 heteroatoms.